The highest BCUT2D eigenvalue weighted by Gasteiger charge is 2.47. The molecule has 12 heavy (non-hydrogen) atoms. The molecular formula is C11H17N. The second-order valence-electron chi connectivity index (χ2n) is 4.57. The zero-order chi connectivity index (χ0) is 8.77. The van der Waals surface area contributed by atoms with Crippen molar-refractivity contribution in [2.75, 3.05) is 0 Å². The highest BCUT2D eigenvalue weighted by molar-refractivity contribution is 5.35. The summed E-state index contributed by atoms with van der Waals surface area (Å²) in [5, 5.41) is 0. The molecule has 0 aromatic carbocycles. The van der Waals surface area contributed by atoms with Gasteiger partial charge in [-0.1, -0.05) is 30.7 Å². The molecule has 0 saturated heterocycles. The number of nitrogens with two attached hydrogens (primary N) is 1. The van der Waals surface area contributed by atoms with Gasteiger partial charge >= 0.3 is 0 Å². The Balaban J connectivity index is 2.03. The summed E-state index contributed by atoms with van der Waals surface area (Å²) in [7, 11) is 0. The van der Waals surface area contributed by atoms with Crippen molar-refractivity contribution in [1.29, 1.82) is 0 Å². The SMILES string of the molecule is CC(N)CC1=CC2CC2(C)C=C1. The van der Waals surface area contributed by atoms with Crippen LogP contribution in [0.15, 0.2) is 23.8 Å². The molecule has 3 atom stereocenters. The maximum absolute atomic E-state index is 5.74. The molecule has 0 heterocycles. The number of allylic oxidation sites excluding steroid dienone is 3. The Labute approximate surface area is 74.3 Å². The monoisotopic (exact) mass is 163 g/mol. The molecule has 66 valence electrons. The highest BCUT2D eigenvalue weighted by Crippen LogP contribution is 2.56. The molecule has 0 aromatic rings. The summed E-state index contributed by atoms with van der Waals surface area (Å²) in [6.07, 6.45) is 9.39. The molecule has 2 N–H and O–H groups in total. The predicted molar refractivity (Wildman–Crippen MR) is 51.7 cm³/mol. The molecule has 2 rings (SSSR count). The normalized spacial score (nSPS) is 40.2. The second-order valence-corrected chi connectivity index (χ2v) is 4.57. The lowest BCUT2D eigenvalue weighted by molar-refractivity contribution is 0.669. The lowest BCUT2D eigenvalue weighted by Crippen LogP contribution is -2.15. The molecular weight excluding hydrogens is 146 g/mol. The number of rotatable bonds is 2. The predicted octanol–water partition coefficient (Wildman–Crippen LogP) is 2.25. The first kappa shape index (κ1) is 8.06. The number of fused-ring (bicyclic) bond motifs is 1. The van der Waals surface area contributed by atoms with Crippen LogP contribution < -0.4 is 5.73 Å². The summed E-state index contributed by atoms with van der Waals surface area (Å²) >= 11 is 0. The summed E-state index contributed by atoms with van der Waals surface area (Å²) in [5.41, 5.74) is 7.69. The molecule has 0 amide bonds. The Morgan fingerprint density at radius 3 is 3.08 bits per heavy atom. The van der Waals surface area contributed by atoms with E-state index in [-0.39, 0.29) is 0 Å². The minimum atomic E-state index is 0.295. The van der Waals surface area contributed by atoms with Crippen LogP contribution in [0, 0.1) is 11.3 Å². The third-order valence-corrected chi connectivity index (χ3v) is 3.00. The number of hydrogen-bond donors (Lipinski definition) is 1. The molecule has 0 radical (unpaired) electrons. The van der Waals surface area contributed by atoms with Gasteiger partial charge in [0.1, 0.15) is 0 Å². The fraction of sp³-hybridized carbons (Fsp3) is 0.636. The fourth-order valence-electron chi connectivity index (χ4n) is 1.98. The van der Waals surface area contributed by atoms with Crippen LogP contribution in [0.2, 0.25) is 0 Å². The van der Waals surface area contributed by atoms with Gasteiger partial charge in [-0.15, -0.1) is 0 Å². The summed E-state index contributed by atoms with van der Waals surface area (Å²) in [4.78, 5) is 0. The van der Waals surface area contributed by atoms with Gasteiger partial charge in [-0.05, 0) is 31.1 Å². The molecule has 0 bridgehead atoms. The zero-order valence-corrected chi connectivity index (χ0v) is 7.88. The fourth-order valence-corrected chi connectivity index (χ4v) is 1.98. The van der Waals surface area contributed by atoms with E-state index >= 15 is 0 Å². The van der Waals surface area contributed by atoms with E-state index in [4.69, 9.17) is 5.73 Å². The molecule has 2 aliphatic carbocycles. The van der Waals surface area contributed by atoms with Gasteiger partial charge in [0.2, 0.25) is 0 Å². The van der Waals surface area contributed by atoms with Crippen LogP contribution in [0.1, 0.15) is 26.7 Å². The molecule has 0 aliphatic heterocycles. The van der Waals surface area contributed by atoms with Crippen LogP contribution >= 0.6 is 0 Å². The van der Waals surface area contributed by atoms with E-state index in [0.29, 0.717) is 11.5 Å². The maximum atomic E-state index is 5.74. The average Bonchev–Trinajstić information content (AvgIpc) is 2.59. The Kier molecular flexibility index (Phi) is 1.65. The van der Waals surface area contributed by atoms with Crippen molar-refractivity contribution in [3.8, 4) is 0 Å². The first-order chi connectivity index (χ1) is 5.60. The molecule has 3 unspecified atom stereocenters. The standard InChI is InChI=1S/C11H17N/c1-8(12)5-9-3-4-11(2)7-10(11)6-9/h3-4,6,8,10H,5,7,12H2,1-2H3. The Hall–Kier alpha value is -0.560. The minimum absolute atomic E-state index is 0.295. The van der Waals surface area contributed by atoms with Gasteiger partial charge in [-0.3, -0.25) is 0 Å². The Bertz CT molecular complexity index is 250. The van der Waals surface area contributed by atoms with Crippen molar-refractivity contribution >= 4 is 0 Å². The van der Waals surface area contributed by atoms with Gasteiger partial charge in [0, 0.05) is 6.04 Å². The highest BCUT2D eigenvalue weighted by atomic mass is 14.6. The topological polar surface area (TPSA) is 26.0 Å². The van der Waals surface area contributed by atoms with Gasteiger partial charge in [0.15, 0.2) is 0 Å². The molecule has 1 fully saturated rings. The van der Waals surface area contributed by atoms with Crippen LogP contribution in [0.5, 0.6) is 0 Å². The van der Waals surface area contributed by atoms with Crippen molar-refractivity contribution < 1.29 is 0 Å². The van der Waals surface area contributed by atoms with Crippen LogP contribution in [-0.2, 0) is 0 Å². The van der Waals surface area contributed by atoms with Crippen LogP contribution in [0.3, 0.4) is 0 Å². The van der Waals surface area contributed by atoms with E-state index in [1.165, 1.54) is 12.0 Å². The first-order valence-corrected chi connectivity index (χ1v) is 4.76. The summed E-state index contributed by atoms with van der Waals surface area (Å²) in [6.45, 7) is 4.39. The van der Waals surface area contributed by atoms with E-state index in [0.717, 1.165) is 12.3 Å². The van der Waals surface area contributed by atoms with Crippen molar-refractivity contribution in [2.24, 2.45) is 17.1 Å². The molecule has 2 aliphatic rings. The molecule has 1 saturated carbocycles. The third-order valence-electron chi connectivity index (χ3n) is 3.00. The Morgan fingerprint density at radius 2 is 2.50 bits per heavy atom. The van der Waals surface area contributed by atoms with Crippen molar-refractivity contribution in [3.05, 3.63) is 23.8 Å². The quantitative estimate of drug-likeness (QED) is 0.664. The van der Waals surface area contributed by atoms with Gasteiger partial charge < -0.3 is 5.73 Å². The second kappa shape index (κ2) is 2.46. The minimum Gasteiger partial charge on any atom is -0.328 e. The largest absolute Gasteiger partial charge is 0.328 e. The van der Waals surface area contributed by atoms with Crippen LogP contribution in [0.4, 0.5) is 0 Å². The molecule has 1 nitrogen and oxygen atoms in total. The van der Waals surface area contributed by atoms with E-state index < -0.39 is 0 Å². The smallest absolute Gasteiger partial charge is 0.00507 e. The van der Waals surface area contributed by atoms with Crippen molar-refractivity contribution in [1.82, 2.24) is 0 Å². The average molecular weight is 163 g/mol. The van der Waals surface area contributed by atoms with Gasteiger partial charge in [0.25, 0.3) is 0 Å². The lowest BCUT2D eigenvalue weighted by Gasteiger charge is -2.12. The van der Waals surface area contributed by atoms with Crippen LogP contribution in [-0.4, -0.2) is 6.04 Å². The number of hydrogen-bond acceptors (Lipinski definition) is 1. The van der Waals surface area contributed by atoms with E-state index in [2.05, 4.69) is 32.1 Å². The van der Waals surface area contributed by atoms with Crippen LogP contribution in [0.25, 0.3) is 0 Å². The maximum Gasteiger partial charge on any atom is 0.00507 e. The van der Waals surface area contributed by atoms with Crippen molar-refractivity contribution in [2.45, 2.75) is 32.7 Å². The zero-order valence-electron chi connectivity index (χ0n) is 7.88. The molecule has 0 spiro atoms. The van der Waals surface area contributed by atoms with E-state index in [1.807, 2.05) is 0 Å². The lowest BCUT2D eigenvalue weighted by atomic mass is 9.95. The van der Waals surface area contributed by atoms with Crippen molar-refractivity contribution in [3.63, 3.8) is 0 Å². The molecule has 0 aromatic heterocycles. The first-order valence-electron chi connectivity index (χ1n) is 4.76. The summed E-state index contributed by atoms with van der Waals surface area (Å²) in [5.74, 6) is 0.816. The Morgan fingerprint density at radius 1 is 1.75 bits per heavy atom. The van der Waals surface area contributed by atoms with Gasteiger partial charge in [-0.25, -0.2) is 0 Å². The van der Waals surface area contributed by atoms with Gasteiger partial charge in [0.05, 0.1) is 0 Å². The third kappa shape index (κ3) is 1.34. The molecule has 1 heteroatoms. The van der Waals surface area contributed by atoms with Gasteiger partial charge in [-0.2, -0.15) is 0 Å². The summed E-state index contributed by atoms with van der Waals surface area (Å²) in [6, 6.07) is 0.295. The van der Waals surface area contributed by atoms with E-state index in [9.17, 15) is 0 Å². The van der Waals surface area contributed by atoms with E-state index in [1.54, 1.807) is 0 Å². The summed E-state index contributed by atoms with van der Waals surface area (Å²) < 4.78 is 0.